The third kappa shape index (κ3) is 2.92. The molecule has 0 heterocycles. The molecule has 1 N–H and O–H groups in total. The highest BCUT2D eigenvalue weighted by Gasteiger charge is 2.24. The van der Waals surface area contributed by atoms with Crippen molar-refractivity contribution in [2.45, 2.75) is 0 Å². The van der Waals surface area contributed by atoms with Gasteiger partial charge in [0.1, 0.15) is 0 Å². The number of carbonyl (C=O) groups is 1. The Kier molecular flexibility index (Phi) is 6.09. The van der Waals surface area contributed by atoms with E-state index in [0.29, 0.717) is 5.56 Å². The van der Waals surface area contributed by atoms with Crippen LogP contribution in [0, 0.1) is 10.7 Å². The van der Waals surface area contributed by atoms with Gasteiger partial charge in [0, 0.05) is 21.1 Å². The number of carbonyl (C=O) groups excluding carboxylic acids is 1. The average molecular weight is 583 g/mol. The summed E-state index contributed by atoms with van der Waals surface area (Å²) in [6.07, 6.45) is 0. The number of benzene rings is 1. The molecule has 0 saturated heterocycles. The van der Waals surface area contributed by atoms with Gasteiger partial charge in [-0.05, 0) is 74.5 Å². The van der Waals surface area contributed by atoms with Crippen LogP contribution < -0.4 is 10.2 Å². The SMILES string of the molecule is C=Nc1c(I)c(C(=O)NC)c(I)c(N(C)C)c1I. The fourth-order valence-electron chi connectivity index (χ4n) is 1.49. The molecule has 0 radical (unpaired) electrons. The Bertz CT molecular complexity index is 515. The molecule has 98 valence electrons. The first-order valence-corrected chi connectivity index (χ1v) is 8.17. The maximum atomic E-state index is 12.0. The van der Waals surface area contributed by atoms with E-state index in [-0.39, 0.29) is 5.91 Å². The molecule has 0 atom stereocenters. The van der Waals surface area contributed by atoms with Crippen LogP contribution in [0.15, 0.2) is 4.99 Å². The number of hydrogen-bond acceptors (Lipinski definition) is 3. The highest BCUT2D eigenvalue weighted by Crippen LogP contribution is 2.41. The predicted molar refractivity (Wildman–Crippen MR) is 102 cm³/mol. The summed E-state index contributed by atoms with van der Waals surface area (Å²) in [7, 11) is 5.53. The van der Waals surface area contributed by atoms with E-state index in [1.54, 1.807) is 7.05 Å². The molecule has 0 saturated carbocycles. The molecule has 0 aromatic heterocycles. The molecule has 1 aromatic rings. The lowest BCUT2D eigenvalue weighted by atomic mass is 10.1. The Labute approximate surface area is 147 Å². The van der Waals surface area contributed by atoms with Crippen molar-refractivity contribution >= 4 is 91.8 Å². The van der Waals surface area contributed by atoms with E-state index in [1.807, 2.05) is 19.0 Å². The van der Waals surface area contributed by atoms with E-state index < -0.39 is 0 Å². The van der Waals surface area contributed by atoms with Gasteiger partial charge in [-0.25, -0.2) is 0 Å². The molecule has 1 rings (SSSR count). The van der Waals surface area contributed by atoms with E-state index in [0.717, 1.165) is 22.1 Å². The van der Waals surface area contributed by atoms with Crippen LogP contribution >= 0.6 is 67.8 Å². The zero-order chi connectivity index (χ0) is 14.0. The standard InChI is InChI=1S/C11H12I3N3O/c1-15-9-6(12)5(11(18)16-2)7(13)10(8(9)14)17(3)4/h1H2,2-4H3,(H,16,18). The molecule has 0 bridgehead atoms. The first-order valence-electron chi connectivity index (χ1n) is 4.93. The van der Waals surface area contributed by atoms with Crippen molar-refractivity contribution in [3.05, 3.63) is 16.3 Å². The maximum Gasteiger partial charge on any atom is 0.253 e. The molecule has 0 aliphatic rings. The number of halogens is 3. The highest BCUT2D eigenvalue weighted by molar-refractivity contribution is 14.1. The Morgan fingerprint density at radius 1 is 1.22 bits per heavy atom. The van der Waals surface area contributed by atoms with Crippen molar-refractivity contribution in [1.29, 1.82) is 0 Å². The lowest BCUT2D eigenvalue weighted by Crippen LogP contribution is -2.23. The van der Waals surface area contributed by atoms with Crippen LogP contribution in [0.1, 0.15) is 10.4 Å². The van der Waals surface area contributed by atoms with E-state index >= 15 is 0 Å². The summed E-state index contributed by atoms with van der Waals surface area (Å²) in [5.74, 6) is -0.104. The molecule has 18 heavy (non-hydrogen) atoms. The molecular weight excluding hydrogens is 571 g/mol. The minimum absolute atomic E-state index is 0.104. The number of hydrogen-bond donors (Lipinski definition) is 1. The number of rotatable bonds is 3. The Hall–Kier alpha value is 0.350. The number of amides is 1. The number of anilines is 1. The fraction of sp³-hybridized carbons (Fsp3) is 0.273. The number of nitrogens with one attached hydrogen (secondary N) is 1. The minimum Gasteiger partial charge on any atom is -0.376 e. The smallest absolute Gasteiger partial charge is 0.253 e. The molecular formula is C11H12I3N3O. The van der Waals surface area contributed by atoms with Crippen molar-refractivity contribution in [2.75, 3.05) is 26.0 Å². The molecule has 0 fully saturated rings. The molecule has 0 aliphatic carbocycles. The van der Waals surface area contributed by atoms with Gasteiger partial charge < -0.3 is 10.2 Å². The van der Waals surface area contributed by atoms with E-state index in [9.17, 15) is 4.79 Å². The van der Waals surface area contributed by atoms with E-state index in [4.69, 9.17) is 0 Å². The lowest BCUT2D eigenvalue weighted by Gasteiger charge is -2.21. The number of aliphatic imine (C=N–C) groups is 1. The molecule has 0 spiro atoms. The molecule has 0 unspecified atom stereocenters. The molecule has 0 aliphatic heterocycles. The second kappa shape index (κ2) is 6.68. The summed E-state index contributed by atoms with van der Waals surface area (Å²) in [4.78, 5) is 18.0. The zero-order valence-corrected chi connectivity index (χ0v) is 16.6. The molecule has 4 nitrogen and oxygen atoms in total. The Morgan fingerprint density at radius 3 is 2.17 bits per heavy atom. The van der Waals surface area contributed by atoms with Crippen LogP contribution in [0.4, 0.5) is 11.4 Å². The third-order valence-corrected chi connectivity index (χ3v) is 5.45. The quantitative estimate of drug-likeness (QED) is 0.439. The maximum absolute atomic E-state index is 12.0. The van der Waals surface area contributed by atoms with Crippen LogP contribution in [0.5, 0.6) is 0 Å². The predicted octanol–water partition coefficient (Wildman–Crippen LogP) is 3.26. The monoisotopic (exact) mass is 583 g/mol. The largest absolute Gasteiger partial charge is 0.376 e. The average Bonchev–Trinajstić information content (AvgIpc) is 2.28. The van der Waals surface area contributed by atoms with Gasteiger partial charge in [-0.1, -0.05) is 0 Å². The van der Waals surface area contributed by atoms with Crippen LogP contribution in [0.25, 0.3) is 0 Å². The van der Waals surface area contributed by atoms with Crippen molar-refractivity contribution in [1.82, 2.24) is 5.32 Å². The van der Waals surface area contributed by atoms with Crippen molar-refractivity contribution in [3.8, 4) is 0 Å². The summed E-state index contributed by atoms with van der Waals surface area (Å²) in [6, 6.07) is 0. The van der Waals surface area contributed by atoms with Gasteiger partial charge in [-0.2, -0.15) is 0 Å². The first-order chi connectivity index (χ1) is 8.36. The molecule has 1 aromatic carbocycles. The van der Waals surface area contributed by atoms with E-state index in [2.05, 4.69) is 84.8 Å². The normalized spacial score (nSPS) is 10.1. The van der Waals surface area contributed by atoms with Gasteiger partial charge in [-0.3, -0.25) is 9.79 Å². The van der Waals surface area contributed by atoms with Crippen LogP contribution in [0.3, 0.4) is 0 Å². The summed E-state index contributed by atoms with van der Waals surface area (Å²) >= 11 is 6.60. The second-order valence-corrected chi connectivity index (χ2v) is 6.88. The van der Waals surface area contributed by atoms with Gasteiger partial charge in [0.2, 0.25) is 0 Å². The zero-order valence-electron chi connectivity index (χ0n) is 10.1. The Balaban J connectivity index is 3.78. The van der Waals surface area contributed by atoms with Gasteiger partial charge in [0.05, 0.1) is 27.6 Å². The minimum atomic E-state index is -0.104. The number of nitrogens with zero attached hydrogens (tertiary/aromatic N) is 2. The summed E-state index contributed by atoms with van der Waals surface area (Å²) in [5.41, 5.74) is 2.42. The van der Waals surface area contributed by atoms with Gasteiger partial charge in [0.25, 0.3) is 5.91 Å². The van der Waals surface area contributed by atoms with Gasteiger partial charge >= 0.3 is 0 Å². The summed E-state index contributed by atoms with van der Waals surface area (Å²) in [6.45, 7) is 3.60. The topological polar surface area (TPSA) is 44.7 Å². The Morgan fingerprint density at radius 2 is 1.78 bits per heavy atom. The van der Waals surface area contributed by atoms with Crippen LogP contribution in [0.2, 0.25) is 0 Å². The van der Waals surface area contributed by atoms with Gasteiger partial charge in [0.15, 0.2) is 0 Å². The highest BCUT2D eigenvalue weighted by atomic mass is 127. The fourth-order valence-corrected chi connectivity index (χ4v) is 6.46. The van der Waals surface area contributed by atoms with E-state index in [1.165, 1.54) is 0 Å². The second-order valence-electron chi connectivity index (χ2n) is 3.65. The third-order valence-electron chi connectivity index (χ3n) is 2.33. The molecule has 1 amide bonds. The van der Waals surface area contributed by atoms with Crippen LogP contribution in [-0.4, -0.2) is 33.8 Å². The summed E-state index contributed by atoms with van der Waals surface area (Å²) < 4.78 is 2.77. The van der Waals surface area contributed by atoms with Crippen molar-refractivity contribution in [2.24, 2.45) is 4.99 Å². The van der Waals surface area contributed by atoms with Crippen molar-refractivity contribution < 1.29 is 4.79 Å². The van der Waals surface area contributed by atoms with Crippen molar-refractivity contribution in [3.63, 3.8) is 0 Å². The molecule has 7 heteroatoms. The lowest BCUT2D eigenvalue weighted by molar-refractivity contribution is 0.0961. The summed E-state index contributed by atoms with van der Waals surface area (Å²) in [5, 5.41) is 2.67. The first kappa shape index (κ1) is 16.4. The van der Waals surface area contributed by atoms with Crippen LogP contribution in [-0.2, 0) is 0 Å². The van der Waals surface area contributed by atoms with Gasteiger partial charge in [-0.15, -0.1) is 0 Å².